The van der Waals surface area contributed by atoms with Gasteiger partial charge in [-0.15, -0.1) is 0 Å². The molecule has 1 heterocycles. The molecule has 0 aliphatic carbocycles. The van der Waals surface area contributed by atoms with Gasteiger partial charge < -0.3 is 9.47 Å². The van der Waals surface area contributed by atoms with Gasteiger partial charge in [-0.1, -0.05) is 26.2 Å². The van der Waals surface area contributed by atoms with Crippen LogP contribution in [0.15, 0.2) is 0 Å². The molecule has 11 heavy (non-hydrogen) atoms. The Balaban J connectivity index is 1.66. The molecule has 1 aliphatic heterocycles. The summed E-state index contributed by atoms with van der Waals surface area (Å²) in [7, 11) is 0. The second-order valence-electron chi connectivity index (χ2n) is 3.09. The van der Waals surface area contributed by atoms with Gasteiger partial charge in [0, 0.05) is 6.61 Å². The number of unbranched alkanes of at least 4 members (excludes halogenated alkanes) is 3. The van der Waals surface area contributed by atoms with Gasteiger partial charge in [0.2, 0.25) is 0 Å². The molecule has 0 aromatic heterocycles. The molecule has 0 N–H and O–H groups in total. The Kier molecular flexibility index (Phi) is 4.55. The minimum absolute atomic E-state index is 0.432. The Morgan fingerprint density at radius 2 is 2.18 bits per heavy atom. The first-order valence-electron chi connectivity index (χ1n) is 4.63. The van der Waals surface area contributed by atoms with Crippen molar-refractivity contribution in [2.24, 2.45) is 0 Å². The number of hydrogen-bond donors (Lipinski definition) is 0. The molecular weight excluding hydrogens is 140 g/mol. The highest BCUT2D eigenvalue weighted by Crippen LogP contribution is 2.08. The van der Waals surface area contributed by atoms with Crippen LogP contribution in [0.4, 0.5) is 0 Å². The average molecular weight is 158 g/mol. The van der Waals surface area contributed by atoms with E-state index in [0.717, 1.165) is 19.8 Å². The third-order valence-electron chi connectivity index (χ3n) is 1.85. The summed E-state index contributed by atoms with van der Waals surface area (Å²) < 4.78 is 10.4. The molecule has 0 bridgehead atoms. The monoisotopic (exact) mass is 158 g/mol. The van der Waals surface area contributed by atoms with E-state index < -0.39 is 0 Å². The third-order valence-corrected chi connectivity index (χ3v) is 1.85. The summed E-state index contributed by atoms with van der Waals surface area (Å²) in [4.78, 5) is 0. The van der Waals surface area contributed by atoms with Crippen LogP contribution in [0.25, 0.3) is 0 Å². The van der Waals surface area contributed by atoms with Crippen molar-refractivity contribution < 1.29 is 9.47 Å². The van der Waals surface area contributed by atoms with E-state index >= 15 is 0 Å². The fourth-order valence-corrected chi connectivity index (χ4v) is 1.01. The van der Waals surface area contributed by atoms with Gasteiger partial charge >= 0.3 is 0 Å². The fourth-order valence-electron chi connectivity index (χ4n) is 1.01. The van der Waals surface area contributed by atoms with E-state index in [4.69, 9.17) is 9.47 Å². The molecule has 2 nitrogen and oxygen atoms in total. The molecule has 0 saturated carbocycles. The lowest BCUT2D eigenvalue weighted by Gasteiger charge is -2.00. The van der Waals surface area contributed by atoms with Gasteiger partial charge in [-0.2, -0.15) is 0 Å². The molecule has 0 aromatic carbocycles. The molecule has 0 amide bonds. The Bertz CT molecular complexity index is 89.6. The molecule has 1 fully saturated rings. The first-order chi connectivity index (χ1) is 5.43. The van der Waals surface area contributed by atoms with Crippen molar-refractivity contribution in [3.8, 4) is 0 Å². The number of epoxide rings is 1. The Morgan fingerprint density at radius 1 is 1.36 bits per heavy atom. The van der Waals surface area contributed by atoms with Gasteiger partial charge in [0.15, 0.2) is 0 Å². The van der Waals surface area contributed by atoms with Crippen LogP contribution in [0.2, 0.25) is 0 Å². The largest absolute Gasteiger partial charge is 0.379 e. The van der Waals surface area contributed by atoms with Crippen molar-refractivity contribution in [3.05, 3.63) is 0 Å². The van der Waals surface area contributed by atoms with Crippen LogP contribution in [0, 0.1) is 0 Å². The molecular formula is C9H18O2. The predicted molar refractivity (Wildman–Crippen MR) is 44.7 cm³/mol. The standard InChI is InChI=1S/C9H18O2/c1-2-3-4-5-6-10-7-9-8-11-9/h9H,2-8H2,1H3/t9-/m1/s1. The smallest absolute Gasteiger partial charge is 0.104 e. The van der Waals surface area contributed by atoms with E-state index in [2.05, 4.69) is 6.92 Å². The maximum absolute atomic E-state index is 5.38. The highest BCUT2D eigenvalue weighted by Gasteiger charge is 2.21. The lowest BCUT2D eigenvalue weighted by Crippen LogP contribution is -2.02. The highest BCUT2D eigenvalue weighted by molar-refractivity contribution is 4.66. The van der Waals surface area contributed by atoms with Crippen molar-refractivity contribution in [3.63, 3.8) is 0 Å². The van der Waals surface area contributed by atoms with Crippen LogP contribution in [0.1, 0.15) is 32.6 Å². The van der Waals surface area contributed by atoms with Gasteiger partial charge in [0.25, 0.3) is 0 Å². The molecule has 0 aromatic rings. The summed E-state index contributed by atoms with van der Waals surface area (Å²) in [5.74, 6) is 0. The lowest BCUT2D eigenvalue weighted by atomic mass is 10.2. The highest BCUT2D eigenvalue weighted by atomic mass is 16.6. The lowest BCUT2D eigenvalue weighted by molar-refractivity contribution is 0.113. The first-order valence-corrected chi connectivity index (χ1v) is 4.63. The summed E-state index contributed by atoms with van der Waals surface area (Å²) in [6.07, 6.45) is 5.58. The normalized spacial score (nSPS) is 22.1. The minimum Gasteiger partial charge on any atom is -0.379 e. The van der Waals surface area contributed by atoms with Crippen molar-refractivity contribution >= 4 is 0 Å². The molecule has 1 rings (SSSR count). The maximum atomic E-state index is 5.38. The van der Waals surface area contributed by atoms with Crippen molar-refractivity contribution in [1.29, 1.82) is 0 Å². The molecule has 1 aliphatic rings. The fraction of sp³-hybridized carbons (Fsp3) is 1.00. The summed E-state index contributed by atoms with van der Waals surface area (Å²) >= 11 is 0. The van der Waals surface area contributed by atoms with Crippen molar-refractivity contribution in [1.82, 2.24) is 0 Å². The predicted octanol–water partition coefficient (Wildman–Crippen LogP) is 1.98. The van der Waals surface area contributed by atoms with Crippen LogP contribution < -0.4 is 0 Å². The molecule has 0 radical (unpaired) electrons. The summed E-state index contributed by atoms with van der Waals surface area (Å²) in [6.45, 7) is 4.86. The molecule has 0 spiro atoms. The average Bonchev–Trinajstić information content (AvgIpc) is 2.80. The first kappa shape index (κ1) is 9.01. The van der Waals surface area contributed by atoms with Crippen LogP contribution in [0.3, 0.4) is 0 Å². The number of hydrogen-bond acceptors (Lipinski definition) is 2. The number of rotatable bonds is 7. The van der Waals surface area contributed by atoms with E-state index in [0.29, 0.717) is 6.10 Å². The third kappa shape index (κ3) is 5.22. The molecule has 1 saturated heterocycles. The van der Waals surface area contributed by atoms with E-state index in [1.165, 1.54) is 25.7 Å². The van der Waals surface area contributed by atoms with E-state index in [-0.39, 0.29) is 0 Å². The van der Waals surface area contributed by atoms with E-state index in [1.807, 2.05) is 0 Å². The van der Waals surface area contributed by atoms with Crippen molar-refractivity contribution in [2.45, 2.75) is 38.7 Å². The molecule has 66 valence electrons. The molecule has 2 heteroatoms. The van der Waals surface area contributed by atoms with Crippen LogP contribution >= 0.6 is 0 Å². The van der Waals surface area contributed by atoms with Gasteiger partial charge in [-0.05, 0) is 6.42 Å². The Labute approximate surface area is 68.9 Å². The quantitative estimate of drug-likeness (QED) is 0.417. The zero-order chi connectivity index (χ0) is 7.94. The van der Waals surface area contributed by atoms with Gasteiger partial charge in [0.1, 0.15) is 6.10 Å². The van der Waals surface area contributed by atoms with Crippen LogP contribution in [-0.2, 0) is 9.47 Å². The Morgan fingerprint density at radius 3 is 2.82 bits per heavy atom. The van der Waals surface area contributed by atoms with Crippen molar-refractivity contribution in [2.75, 3.05) is 19.8 Å². The zero-order valence-electron chi connectivity index (χ0n) is 7.34. The van der Waals surface area contributed by atoms with Crippen LogP contribution in [-0.4, -0.2) is 25.9 Å². The molecule has 0 unspecified atom stereocenters. The van der Waals surface area contributed by atoms with E-state index in [1.54, 1.807) is 0 Å². The SMILES string of the molecule is CCCCCCOC[C@@H]1CO1. The van der Waals surface area contributed by atoms with Crippen LogP contribution in [0.5, 0.6) is 0 Å². The minimum atomic E-state index is 0.432. The second-order valence-corrected chi connectivity index (χ2v) is 3.09. The summed E-state index contributed by atoms with van der Waals surface area (Å²) in [5.41, 5.74) is 0. The molecule has 1 atom stereocenters. The van der Waals surface area contributed by atoms with Gasteiger partial charge in [-0.25, -0.2) is 0 Å². The van der Waals surface area contributed by atoms with Gasteiger partial charge in [-0.3, -0.25) is 0 Å². The second kappa shape index (κ2) is 5.56. The number of ether oxygens (including phenoxy) is 2. The topological polar surface area (TPSA) is 21.8 Å². The van der Waals surface area contributed by atoms with Gasteiger partial charge in [0.05, 0.1) is 13.2 Å². The summed E-state index contributed by atoms with van der Waals surface area (Å²) in [6, 6.07) is 0. The van der Waals surface area contributed by atoms with E-state index in [9.17, 15) is 0 Å². The maximum Gasteiger partial charge on any atom is 0.104 e. The Hall–Kier alpha value is -0.0800. The zero-order valence-corrected chi connectivity index (χ0v) is 7.34. The summed E-state index contributed by atoms with van der Waals surface area (Å²) in [5, 5.41) is 0.